The fraction of sp³-hybridized carbons (Fsp3) is 0.333. The summed E-state index contributed by atoms with van der Waals surface area (Å²) < 4.78 is 38.6. The molecular weight excluding hydrogens is 706 g/mol. The number of hydrogen-bond acceptors (Lipinski definition) is 5. The number of nitrogens with one attached hydrogen (secondary N) is 1. The highest BCUT2D eigenvalue weighted by Crippen LogP contribution is 2.59. The molecule has 1 saturated carbocycles. The number of alkyl halides is 2. The van der Waals surface area contributed by atoms with E-state index in [9.17, 15) is 14.4 Å². The molecule has 2 aliphatic carbocycles. The molecule has 1 aliphatic heterocycles. The molecule has 3 aliphatic rings. The standard InChI is InChI=1S/C36H32BrClF2N4O4/c1-19(2)30(42-34(47)48-3)33(46)43-18-35(12-13-35)16-28(43)31-41-17-29(44(31)32(45)24-6-4-5-7-27(24)38)20-8-10-22-23-11-9-21(37)15-26(23)36(39,40)25(22)14-20/h4-11,14-15,17,19,28,30H,12-13,16,18H2,1-3H3,(H,42,47). The maximum Gasteiger partial charge on any atom is 0.407 e. The van der Waals surface area contributed by atoms with E-state index in [-0.39, 0.29) is 39.0 Å². The van der Waals surface area contributed by atoms with E-state index >= 15 is 8.78 Å². The van der Waals surface area contributed by atoms with Gasteiger partial charge >= 0.3 is 6.09 Å². The van der Waals surface area contributed by atoms with Crippen molar-refractivity contribution >= 4 is 45.4 Å². The first-order valence-corrected chi connectivity index (χ1v) is 16.9. The molecule has 12 heteroatoms. The van der Waals surface area contributed by atoms with Crippen LogP contribution in [0.2, 0.25) is 5.02 Å². The molecule has 0 radical (unpaired) electrons. The van der Waals surface area contributed by atoms with Crippen LogP contribution in [0.5, 0.6) is 0 Å². The van der Waals surface area contributed by atoms with E-state index in [1.54, 1.807) is 53.4 Å². The topological polar surface area (TPSA) is 93.5 Å². The van der Waals surface area contributed by atoms with Crippen LogP contribution in [0.4, 0.5) is 13.6 Å². The number of benzene rings is 3. The van der Waals surface area contributed by atoms with Gasteiger partial charge in [-0.05, 0) is 72.1 Å². The number of amides is 2. The molecule has 1 aromatic heterocycles. The number of ether oxygens (including phenoxy) is 1. The van der Waals surface area contributed by atoms with Gasteiger partial charge in [0.1, 0.15) is 11.9 Å². The lowest BCUT2D eigenvalue weighted by Crippen LogP contribution is -2.51. The quantitative estimate of drug-likeness (QED) is 0.215. The summed E-state index contributed by atoms with van der Waals surface area (Å²) in [5.74, 6) is -4.04. The molecule has 0 bridgehead atoms. The van der Waals surface area contributed by atoms with Crippen LogP contribution in [0.3, 0.4) is 0 Å². The van der Waals surface area contributed by atoms with Crippen LogP contribution in [-0.4, -0.2) is 52.1 Å². The molecule has 7 rings (SSSR count). The van der Waals surface area contributed by atoms with Crippen molar-refractivity contribution in [3.63, 3.8) is 0 Å². The number of nitrogens with zero attached hydrogens (tertiary/aromatic N) is 3. The number of fused-ring (bicyclic) bond motifs is 3. The lowest BCUT2D eigenvalue weighted by molar-refractivity contribution is -0.135. The molecule has 2 amide bonds. The number of imidazole rings is 1. The average Bonchev–Trinajstić information content (AvgIpc) is 3.41. The number of likely N-dealkylation sites (tertiary alicyclic amines) is 1. The van der Waals surface area contributed by atoms with Gasteiger partial charge in [0.25, 0.3) is 11.8 Å². The van der Waals surface area contributed by atoms with Crippen molar-refractivity contribution in [1.29, 1.82) is 0 Å². The minimum Gasteiger partial charge on any atom is -0.453 e. The molecule has 4 aromatic rings. The Bertz CT molecular complexity index is 1990. The van der Waals surface area contributed by atoms with Crippen LogP contribution in [0.1, 0.15) is 66.5 Å². The van der Waals surface area contributed by atoms with Gasteiger partial charge in [-0.25, -0.2) is 9.78 Å². The summed E-state index contributed by atoms with van der Waals surface area (Å²) in [4.78, 5) is 47.3. The van der Waals surface area contributed by atoms with E-state index in [4.69, 9.17) is 21.3 Å². The molecule has 1 N–H and O–H groups in total. The Hall–Kier alpha value is -4.09. The number of carbonyl (C=O) groups is 3. The van der Waals surface area contributed by atoms with Gasteiger partial charge in [-0.1, -0.05) is 71.7 Å². The van der Waals surface area contributed by atoms with E-state index in [0.29, 0.717) is 45.6 Å². The van der Waals surface area contributed by atoms with Crippen molar-refractivity contribution in [2.24, 2.45) is 11.3 Å². The zero-order chi connectivity index (χ0) is 34.1. The van der Waals surface area contributed by atoms with Crippen molar-refractivity contribution < 1.29 is 27.9 Å². The predicted octanol–water partition coefficient (Wildman–Crippen LogP) is 8.21. The Morgan fingerprint density at radius 3 is 2.40 bits per heavy atom. The molecule has 2 unspecified atom stereocenters. The van der Waals surface area contributed by atoms with E-state index in [1.807, 2.05) is 13.8 Å². The minimum absolute atomic E-state index is 0.0968. The molecule has 2 heterocycles. The smallest absolute Gasteiger partial charge is 0.407 e. The third-order valence-electron chi connectivity index (χ3n) is 9.80. The molecule has 2 atom stereocenters. The largest absolute Gasteiger partial charge is 0.453 e. The van der Waals surface area contributed by atoms with Crippen LogP contribution in [0, 0.1) is 11.3 Å². The maximum atomic E-state index is 15.9. The van der Waals surface area contributed by atoms with Crippen LogP contribution >= 0.6 is 27.5 Å². The number of methoxy groups -OCH3 is 1. The lowest BCUT2D eigenvalue weighted by Gasteiger charge is -2.30. The molecule has 248 valence electrons. The Labute approximate surface area is 289 Å². The van der Waals surface area contributed by atoms with Crippen LogP contribution in [0.15, 0.2) is 71.3 Å². The Kier molecular flexibility index (Phi) is 7.98. The number of rotatable bonds is 6. The second kappa shape index (κ2) is 11.8. The van der Waals surface area contributed by atoms with Crippen molar-refractivity contribution in [1.82, 2.24) is 19.8 Å². The second-order valence-corrected chi connectivity index (χ2v) is 14.5. The van der Waals surface area contributed by atoms with E-state index in [0.717, 1.165) is 12.8 Å². The third kappa shape index (κ3) is 5.31. The normalized spacial score (nSPS) is 18.8. The maximum absolute atomic E-state index is 15.9. The van der Waals surface area contributed by atoms with Gasteiger partial charge in [0, 0.05) is 27.7 Å². The summed E-state index contributed by atoms with van der Waals surface area (Å²) in [6.45, 7) is 4.10. The Morgan fingerprint density at radius 1 is 1.04 bits per heavy atom. The van der Waals surface area contributed by atoms with Gasteiger partial charge in [0.05, 0.1) is 35.6 Å². The summed E-state index contributed by atoms with van der Waals surface area (Å²) in [7, 11) is 1.24. The van der Waals surface area contributed by atoms with Gasteiger partial charge in [-0.3, -0.25) is 14.2 Å². The number of hydrogen-bond donors (Lipinski definition) is 1. The SMILES string of the molecule is COC(=O)NC(C(=O)N1CC2(CC2)CC1c1ncc(-c2ccc3c(c2)C(F)(F)c2cc(Br)ccc2-3)n1C(=O)c1ccccc1Cl)C(C)C. The molecule has 8 nitrogen and oxygen atoms in total. The Balaban J connectivity index is 1.36. The van der Waals surface area contributed by atoms with E-state index < -0.39 is 30.0 Å². The molecular formula is C36H32BrClF2N4O4. The summed E-state index contributed by atoms with van der Waals surface area (Å²) in [6, 6.07) is 14.7. The summed E-state index contributed by atoms with van der Waals surface area (Å²) in [6.07, 6.45) is 3.15. The van der Waals surface area contributed by atoms with Crippen LogP contribution in [0.25, 0.3) is 22.4 Å². The fourth-order valence-electron chi connectivity index (χ4n) is 7.06. The van der Waals surface area contributed by atoms with Crippen molar-refractivity contribution in [3.8, 4) is 22.4 Å². The number of halogens is 4. The first-order chi connectivity index (χ1) is 22.8. The molecule has 1 saturated heterocycles. The van der Waals surface area contributed by atoms with Crippen LogP contribution < -0.4 is 5.32 Å². The average molecular weight is 738 g/mol. The predicted molar refractivity (Wildman–Crippen MR) is 180 cm³/mol. The highest BCUT2D eigenvalue weighted by molar-refractivity contribution is 9.10. The lowest BCUT2D eigenvalue weighted by atomic mass is 10.0. The van der Waals surface area contributed by atoms with Crippen LogP contribution in [-0.2, 0) is 15.5 Å². The first-order valence-electron chi connectivity index (χ1n) is 15.7. The Morgan fingerprint density at radius 2 is 1.73 bits per heavy atom. The monoisotopic (exact) mass is 736 g/mol. The molecule has 3 aromatic carbocycles. The highest BCUT2D eigenvalue weighted by Gasteiger charge is 2.56. The van der Waals surface area contributed by atoms with Gasteiger partial charge < -0.3 is 15.0 Å². The third-order valence-corrected chi connectivity index (χ3v) is 10.6. The van der Waals surface area contributed by atoms with Crippen molar-refractivity contribution in [2.45, 2.75) is 51.1 Å². The van der Waals surface area contributed by atoms with E-state index in [2.05, 4.69) is 21.2 Å². The zero-order valence-corrected chi connectivity index (χ0v) is 28.7. The van der Waals surface area contributed by atoms with Crippen molar-refractivity contribution in [2.75, 3.05) is 13.7 Å². The zero-order valence-electron chi connectivity index (χ0n) is 26.4. The van der Waals surface area contributed by atoms with Gasteiger partial charge in [0.15, 0.2) is 0 Å². The number of aromatic nitrogens is 2. The van der Waals surface area contributed by atoms with E-state index in [1.165, 1.54) is 30.0 Å². The first kappa shape index (κ1) is 32.5. The highest BCUT2D eigenvalue weighted by atomic mass is 79.9. The summed E-state index contributed by atoms with van der Waals surface area (Å²) in [5, 5.41) is 2.89. The summed E-state index contributed by atoms with van der Waals surface area (Å²) in [5.41, 5.74) is 1.32. The molecule has 48 heavy (non-hydrogen) atoms. The van der Waals surface area contributed by atoms with Gasteiger partial charge in [0.2, 0.25) is 5.91 Å². The molecule has 2 fully saturated rings. The fourth-order valence-corrected chi connectivity index (χ4v) is 7.64. The molecule has 1 spiro atoms. The second-order valence-electron chi connectivity index (χ2n) is 13.2. The summed E-state index contributed by atoms with van der Waals surface area (Å²) >= 11 is 9.84. The van der Waals surface area contributed by atoms with Gasteiger partial charge in [-0.2, -0.15) is 8.78 Å². The van der Waals surface area contributed by atoms with Crippen molar-refractivity contribution in [3.05, 3.63) is 98.9 Å². The minimum atomic E-state index is -3.27. The number of carbonyl (C=O) groups excluding carboxylic acids is 3. The van der Waals surface area contributed by atoms with Gasteiger partial charge in [-0.15, -0.1) is 0 Å². The number of alkyl carbamates (subject to hydrolysis) is 1.